The molecule has 0 aromatic rings. The zero-order valence-corrected chi connectivity index (χ0v) is 9.17. The van der Waals surface area contributed by atoms with Crippen LogP contribution in [0.15, 0.2) is 0 Å². The minimum atomic E-state index is -0.208. The molecule has 0 saturated heterocycles. The summed E-state index contributed by atoms with van der Waals surface area (Å²) in [6, 6.07) is 0. The molecule has 0 atom stereocenters. The molecular formula is C6H13ClMgO4. The molecule has 4 nitrogen and oxygen atoms in total. The van der Waals surface area contributed by atoms with Gasteiger partial charge >= 0.3 is 23.1 Å². The van der Waals surface area contributed by atoms with Crippen molar-refractivity contribution in [2.24, 2.45) is 0 Å². The van der Waals surface area contributed by atoms with Gasteiger partial charge in [-0.2, -0.15) is 0 Å². The summed E-state index contributed by atoms with van der Waals surface area (Å²) in [4.78, 5) is 0. The molecule has 0 unspecified atom stereocenters. The number of hydrogen-bond acceptors (Lipinski definition) is 4. The molecule has 0 rings (SSSR count). The SMILES string of the molecule is [Cl-].[Mg+2].[O-]CCOCCOCCO. The van der Waals surface area contributed by atoms with Crippen LogP contribution in [0.4, 0.5) is 0 Å². The smallest absolute Gasteiger partial charge is 1.00 e. The van der Waals surface area contributed by atoms with Gasteiger partial charge in [-0.15, -0.1) is 6.61 Å². The van der Waals surface area contributed by atoms with Crippen LogP contribution < -0.4 is 17.5 Å². The summed E-state index contributed by atoms with van der Waals surface area (Å²) in [6.07, 6.45) is 0. The molecule has 6 heteroatoms. The predicted octanol–water partition coefficient (Wildman–Crippen LogP) is -5.00. The molecule has 0 fully saturated rings. The van der Waals surface area contributed by atoms with Crippen LogP contribution in [0.2, 0.25) is 0 Å². The number of hydrogen-bond donors (Lipinski definition) is 1. The molecule has 70 valence electrons. The Bertz CT molecular complexity index is 59.5. The standard InChI is InChI=1S/C6H13O4.ClH.Mg/c7-1-3-9-5-6-10-4-2-8;;/h7H,1-6H2;1H;/q-1;;+2/p-1. The fourth-order valence-electron chi connectivity index (χ4n) is 0.445. The second-order valence-corrected chi connectivity index (χ2v) is 1.65. The van der Waals surface area contributed by atoms with Crippen LogP contribution in [0.25, 0.3) is 0 Å². The van der Waals surface area contributed by atoms with E-state index in [0.717, 1.165) is 0 Å². The van der Waals surface area contributed by atoms with E-state index in [4.69, 9.17) is 14.6 Å². The van der Waals surface area contributed by atoms with Crippen molar-refractivity contribution in [1.29, 1.82) is 0 Å². The van der Waals surface area contributed by atoms with Crippen LogP contribution >= 0.6 is 0 Å². The molecule has 1 N–H and O–H groups in total. The average molecular weight is 209 g/mol. The van der Waals surface area contributed by atoms with E-state index >= 15 is 0 Å². The summed E-state index contributed by atoms with van der Waals surface area (Å²) in [5.41, 5.74) is 0. The Labute approximate surface area is 94.8 Å². The maximum Gasteiger partial charge on any atom is 2.00 e. The van der Waals surface area contributed by atoms with Gasteiger partial charge in [-0.1, -0.05) is 0 Å². The van der Waals surface area contributed by atoms with Crippen molar-refractivity contribution in [2.45, 2.75) is 0 Å². The number of rotatable bonds is 7. The number of halogens is 1. The summed E-state index contributed by atoms with van der Waals surface area (Å²) in [6.45, 7) is 1.27. The predicted molar refractivity (Wildman–Crippen MR) is 39.3 cm³/mol. The summed E-state index contributed by atoms with van der Waals surface area (Å²) in [5.74, 6) is 0. The Morgan fingerprint density at radius 3 is 1.92 bits per heavy atom. The second kappa shape index (κ2) is 17.8. The molecule has 0 aromatic heterocycles. The zero-order valence-electron chi connectivity index (χ0n) is 7.00. The van der Waals surface area contributed by atoms with Gasteiger partial charge in [0.2, 0.25) is 0 Å². The number of aliphatic hydroxyl groups excluding tert-OH is 1. The van der Waals surface area contributed by atoms with Gasteiger partial charge in [0, 0.05) is 6.61 Å². The van der Waals surface area contributed by atoms with Crippen LogP contribution in [0, 0.1) is 0 Å². The third-order valence-corrected chi connectivity index (χ3v) is 0.835. The van der Waals surface area contributed by atoms with Gasteiger partial charge in [-0.25, -0.2) is 0 Å². The molecule has 0 amide bonds. The van der Waals surface area contributed by atoms with Crippen molar-refractivity contribution in [3.05, 3.63) is 0 Å². The van der Waals surface area contributed by atoms with E-state index in [9.17, 15) is 5.11 Å². The van der Waals surface area contributed by atoms with E-state index in [1.165, 1.54) is 0 Å². The Balaban J connectivity index is -0.000000405. The normalized spacial score (nSPS) is 8.50. The van der Waals surface area contributed by atoms with E-state index in [1.807, 2.05) is 0 Å². The van der Waals surface area contributed by atoms with Crippen LogP contribution in [0.5, 0.6) is 0 Å². The molecule has 0 aliphatic rings. The van der Waals surface area contributed by atoms with Crippen molar-refractivity contribution in [1.82, 2.24) is 0 Å². The van der Waals surface area contributed by atoms with Crippen LogP contribution in [0.1, 0.15) is 0 Å². The van der Waals surface area contributed by atoms with E-state index in [2.05, 4.69) is 0 Å². The van der Waals surface area contributed by atoms with Gasteiger partial charge < -0.3 is 32.1 Å². The molecule has 0 aromatic carbocycles. The molecular weight excluding hydrogens is 196 g/mol. The Hall–Kier alpha value is 0.896. The van der Waals surface area contributed by atoms with Crippen molar-refractivity contribution < 1.29 is 32.1 Å². The third-order valence-electron chi connectivity index (χ3n) is 0.835. The van der Waals surface area contributed by atoms with Gasteiger partial charge in [0.15, 0.2) is 0 Å². The molecule has 12 heavy (non-hydrogen) atoms. The van der Waals surface area contributed by atoms with Gasteiger partial charge in [0.05, 0.1) is 26.4 Å². The van der Waals surface area contributed by atoms with Crippen LogP contribution in [0.3, 0.4) is 0 Å². The van der Waals surface area contributed by atoms with E-state index in [1.54, 1.807) is 0 Å². The monoisotopic (exact) mass is 208 g/mol. The topological polar surface area (TPSA) is 61.8 Å². The molecule has 0 aliphatic carbocycles. The summed E-state index contributed by atoms with van der Waals surface area (Å²) >= 11 is 0. The second-order valence-electron chi connectivity index (χ2n) is 1.65. The first kappa shape index (κ1) is 18.6. The van der Waals surface area contributed by atoms with E-state index < -0.39 is 0 Å². The fourth-order valence-corrected chi connectivity index (χ4v) is 0.445. The Kier molecular flexibility index (Phi) is 27.7. The Morgan fingerprint density at radius 1 is 1.00 bits per heavy atom. The largest absolute Gasteiger partial charge is 2.00 e. The first-order valence-electron chi connectivity index (χ1n) is 3.26. The fraction of sp³-hybridized carbons (Fsp3) is 1.00. The van der Waals surface area contributed by atoms with Crippen molar-refractivity contribution >= 4 is 23.1 Å². The minimum absolute atomic E-state index is 0. The average Bonchev–Trinajstić information content (AvgIpc) is 1.97. The van der Waals surface area contributed by atoms with Crippen molar-refractivity contribution in [3.63, 3.8) is 0 Å². The van der Waals surface area contributed by atoms with E-state index in [-0.39, 0.29) is 55.3 Å². The van der Waals surface area contributed by atoms with E-state index in [0.29, 0.717) is 19.8 Å². The maximum absolute atomic E-state index is 9.81. The molecule has 0 heterocycles. The molecule has 0 aliphatic heterocycles. The quantitative estimate of drug-likeness (QED) is 0.337. The first-order chi connectivity index (χ1) is 4.91. The zero-order chi connectivity index (χ0) is 7.66. The maximum atomic E-state index is 9.81. The first-order valence-corrected chi connectivity index (χ1v) is 3.26. The van der Waals surface area contributed by atoms with Crippen molar-refractivity contribution in [2.75, 3.05) is 39.6 Å². The van der Waals surface area contributed by atoms with Crippen molar-refractivity contribution in [3.8, 4) is 0 Å². The minimum Gasteiger partial charge on any atom is -1.00 e. The number of ether oxygens (including phenoxy) is 2. The summed E-state index contributed by atoms with van der Waals surface area (Å²) in [5, 5.41) is 18.1. The van der Waals surface area contributed by atoms with Gasteiger partial charge in [0.1, 0.15) is 0 Å². The van der Waals surface area contributed by atoms with Gasteiger partial charge in [-0.3, -0.25) is 0 Å². The van der Waals surface area contributed by atoms with Crippen LogP contribution in [-0.4, -0.2) is 67.8 Å². The van der Waals surface area contributed by atoms with Gasteiger partial charge in [-0.05, 0) is 0 Å². The molecule has 0 saturated carbocycles. The van der Waals surface area contributed by atoms with Gasteiger partial charge in [0.25, 0.3) is 0 Å². The Morgan fingerprint density at radius 2 is 1.50 bits per heavy atom. The summed E-state index contributed by atoms with van der Waals surface area (Å²) in [7, 11) is 0. The summed E-state index contributed by atoms with van der Waals surface area (Å²) < 4.78 is 9.66. The molecule has 0 spiro atoms. The van der Waals surface area contributed by atoms with Crippen LogP contribution in [-0.2, 0) is 9.47 Å². The number of aliphatic hydroxyl groups is 1. The molecule has 0 bridgehead atoms. The third kappa shape index (κ3) is 17.1. The molecule has 0 radical (unpaired) electrons.